The van der Waals surface area contributed by atoms with Gasteiger partial charge in [0, 0.05) is 46.0 Å². The number of ketones is 1. The van der Waals surface area contributed by atoms with Crippen LogP contribution in [0.15, 0.2) is 60.9 Å². The number of alkyl halides is 2. The van der Waals surface area contributed by atoms with Gasteiger partial charge in [-0.05, 0) is 53.6 Å². The van der Waals surface area contributed by atoms with Crippen molar-refractivity contribution in [3.05, 3.63) is 92.7 Å². The van der Waals surface area contributed by atoms with Gasteiger partial charge in [-0.25, -0.2) is 0 Å². The SMILES string of the molecule is O=C(Cc1cccnc1)c1cc(NC(=O)C2C(c3cc(Cl)cc(Cl)c3)C2(Cl)Cl)ccc1Cl. The monoisotopic (exact) mass is 526 g/mol. The van der Waals surface area contributed by atoms with Gasteiger partial charge in [-0.3, -0.25) is 14.6 Å². The summed E-state index contributed by atoms with van der Waals surface area (Å²) in [5.74, 6) is -1.77. The molecule has 9 heteroatoms. The molecule has 1 aromatic heterocycles. The highest BCUT2D eigenvalue weighted by Gasteiger charge is 2.67. The maximum Gasteiger partial charge on any atom is 0.231 e. The number of anilines is 1. The molecule has 4 rings (SSSR count). The molecule has 1 N–H and O–H groups in total. The molecule has 0 saturated heterocycles. The van der Waals surface area contributed by atoms with Gasteiger partial charge in [0.2, 0.25) is 5.91 Å². The molecule has 2 aromatic carbocycles. The van der Waals surface area contributed by atoms with Crippen molar-refractivity contribution in [3.63, 3.8) is 0 Å². The first-order valence-corrected chi connectivity index (χ1v) is 11.4. The number of rotatable bonds is 6. The smallest absolute Gasteiger partial charge is 0.231 e. The second kappa shape index (κ2) is 9.20. The lowest BCUT2D eigenvalue weighted by atomic mass is 10.0. The zero-order valence-corrected chi connectivity index (χ0v) is 20.1. The van der Waals surface area contributed by atoms with E-state index < -0.39 is 16.2 Å². The second-order valence-electron chi connectivity index (χ2n) is 7.48. The lowest BCUT2D eigenvalue weighted by molar-refractivity contribution is -0.117. The number of aromatic nitrogens is 1. The molecule has 2 unspecified atom stereocenters. The summed E-state index contributed by atoms with van der Waals surface area (Å²) in [7, 11) is 0. The maximum absolute atomic E-state index is 12.9. The molecule has 2 atom stereocenters. The Labute approximate surface area is 209 Å². The molecular weight excluding hydrogens is 514 g/mol. The summed E-state index contributed by atoms with van der Waals surface area (Å²) >= 11 is 31.2. The molecule has 1 fully saturated rings. The van der Waals surface area contributed by atoms with Gasteiger partial charge in [-0.2, -0.15) is 0 Å². The lowest BCUT2D eigenvalue weighted by Crippen LogP contribution is -2.17. The summed E-state index contributed by atoms with van der Waals surface area (Å²) in [4.78, 5) is 29.7. The van der Waals surface area contributed by atoms with Crippen LogP contribution >= 0.6 is 58.0 Å². The van der Waals surface area contributed by atoms with Crippen LogP contribution in [0, 0.1) is 5.92 Å². The summed E-state index contributed by atoms with van der Waals surface area (Å²) in [6.07, 6.45) is 3.39. The minimum Gasteiger partial charge on any atom is -0.326 e. The molecule has 1 heterocycles. The molecular formula is C23H15Cl5N2O2. The van der Waals surface area contributed by atoms with Gasteiger partial charge in [-0.1, -0.05) is 40.9 Å². The van der Waals surface area contributed by atoms with E-state index >= 15 is 0 Å². The van der Waals surface area contributed by atoms with E-state index in [-0.39, 0.29) is 18.1 Å². The first-order valence-electron chi connectivity index (χ1n) is 9.53. The van der Waals surface area contributed by atoms with Crippen LogP contribution in [-0.2, 0) is 11.2 Å². The number of carbonyl (C=O) groups is 2. The molecule has 1 aliphatic carbocycles. The molecule has 164 valence electrons. The minimum absolute atomic E-state index is 0.137. The molecule has 0 aliphatic heterocycles. The fraction of sp³-hybridized carbons (Fsp3) is 0.174. The first kappa shape index (κ1) is 23.3. The average Bonchev–Trinajstić information content (AvgIpc) is 3.31. The van der Waals surface area contributed by atoms with Crippen molar-refractivity contribution in [1.82, 2.24) is 4.98 Å². The Morgan fingerprint density at radius 2 is 1.72 bits per heavy atom. The van der Waals surface area contributed by atoms with Crippen molar-refractivity contribution in [1.29, 1.82) is 0 Å². The van der Waals surface area contributed by atoms with Crippen LogP contribution in [-0.4, -0.2) is 21.0 Å². The Hall–Kier alpha value is -1.82. The summed E-state index contributed by atoms with van der Waals surface area (Å²) in [6, 6.07) is 13.2. The van der Waals surface area contributed by atoms with E-state index in [2.05, 4.69) is 10.3 Å². The highest BCUT2D eigenvalue weighted by atomic mass is 35.5. The summed E-state index contributed by atoms with van der Waals surface area (Å²) in [5, 5.41) is 3.92. The fourth-order valence-electron chi connectivity index (χ4n) is 3.64. The van der Waals surface area contributed by atoms with E-state index in [0.29, 0.717) is 31.9 Å². The van der Waals surface area contributed by atoms with E-state index in [1.165, 1.54) is 6.07 Å². The van der Waals surface area contributed by atoms with Crippen molar-refractivity contribution in [2.45, 2.75) is 16.7 Å². The van der Waals surface area contributed by atoms with Crippen LogP contribution < -0.4 is 5.32 Å². The molecule has 4 nitrogen and oxygen atoms in total. The number of carbonyl (C=O) groups excluding carboxylic acids is 2. The third-order valence-corrected chi connectivity index (χ3v) is 6.91. The fourth-order valence-corrected chi connectivity index (χ4v) is 5.24. The maximum atomic E-state index is 12.9. The number of Topliss-reactive ketones (excluding diaryl/α,β-unsaturated/α-hetero) is 1. The molecule has 32 heavy (non-hydrogen) atoms. The number of hydrogen-bond acceptors (Lipinski definition) is 3. The second-order valence-corrected chi connectivity index (χ2v) is 10.2. The van der Waals surface area contributed by atoms with Crippen molar-refractivity contribution in [3.8, 4) is 0 Å². The lowest BCUT2D eigenvalue weighted by Gasteiger charge is -2.09. The van der Waals surface area contributed by atoms with Gasteiger partial charge in [0.15, 0.2) is 5.78 Å². The highest BCUT2D eigenvalue weighted by Crippen LogP contribution is 2.65. The average molecular weight is 529 g/mol. The van der Waals surface area contributed by atoms with E-state index in [0.717, 1.165) is 5.56 Å². The van der Waals surface area contributed by atoms with Gasteiger partial charge in [0.25, 0.3) is 0 Å². The van der Waals surface area contributed by atoms with E-state index in [1.54, 1.807) is 54.9 Å². The van der Waals surface area contributed by atoms with Gasteiger partial charge >= 0.3 is 0 Å². The van der Waals surface area contributed by atoms with Crippen LogP contribution in [0.25, 0.3) is 0 Å². The number of amides is 1. The van der Waals surface area contributed by atoms with Crippen molar-refractivity contribution in [2.75, 3.05) is 5.32 Å². The van der Waals surface area contributed by atoms with Crippen LogP contribution in [0.2, 0.25) is 15.1 Å². The van der Waals surface area contributed by atoms with E-state index in [9.17, 15) is 9.59 Å². The molecule has 3 aromatic rings. The van der Waals surface area contributed by atoms with Crippen LogP contribution in [0.3, 0.4) is 0 Å². The largest absolute Gasteiger partial charge is 0.326 e. The standard InChI is InChI=1S/C23H15Cl5N2O2/c24-14-7-13(8-15(25)9-14)20-21(23(20,27)28)22(32)30-16-3-4-18(26)17(10-16)19(31)6-12-2-1-5-29-11-12/h1-5,7-11,20-21H,6H2,(H,30,32). The van der Waals surface area contributed by atoms with E-state index in [1.807, 2.05) is 0 Å². The Morgan fingerprint density at radius 3 is 2.38 bits per heavy atom. The number of nitrogens with zero attached hydrogens (tertiary/aromatic N) is 1. The predicted octanol–water partition coefficient (Wildman–Crippen LogP) is 6.99. The highest BCUT2D eigenvalue weighted by molar-refractivity contribution is 6.53. The number of pyridine rings is 1. The van der Waals surface area contributed by atoms with Gasteiger partial charge in [-0.15, -0.1) is 23.2 Å². The van der Waals surface area contributed by atoms with Gasteiger partial charge in [0.05, 0.1) is 10.9 Å². The normalized spacial score (nSPS) is 18.8. The Morgan fingerprint density at radius 1 is 1.00 bits per heavy atom. The van der Waals surface area contributed by atoms with Gasteiger partial charge < -0.3 is 5.32 Å². The Kier molecular flexibility index (Phi) is 6.71. The van der Waals surface area contributed by atoms with Crippen molar-refractivity contribution in [2.24, 2.45) is 5.92 Å². The molecule has 1 aliphatic rings. The summed E-state index contributed by atoms with van der Waals surface area (Å²) in [6.45, 7) is 0. The molecule has 0 spiro atoms. The Bertz CT molecular complexity index is 1180. The van der Waals surface area contributed by atoms with Crippen molar-refractivity contribution < 1.29 is 9.59 Å². The van der Waals surface area contributed by atoms with Crippen LogP contribution in [0.1, 0.15) is 27.4 Å². The predicted molar refractivity (Wildman–Crippen MR) is 129 cm³/mol. The molecule has 0 radical (unpaired) electrons. The minimum atomic E-state index is -1.30. The molecule has 1 saturated carbocycles. The Balaban J connectivity index is 1.51. The summed E-state index contributed by atoms with van der Waals surface area (Å²) < 4.78 is -1.30. The number of nitrogens with one attached hydrogen (secondary N) is 1. The molecule has 0 bridgehead atoms. The topological polar surface area (TPSA) is 59.1 Å². The number of hydrogen-bond donors (Lipinski definition) is 1. The zero-order chi connectivity index (χ0) is 23.0. The summed E-state index contributed by atoms with van der Waals surface area (Å²) in [5.41, 5.74) is 2.15. The third kappa shape index (κ3) is 4.90. The number of halogens is 5. The third-order valence-electron chi connectivity index (χ3n) is 5.20. The number of benzene rings is 2. The van der Waals surface area contributed by atoms with Gasteiger partial charge in [0.1, 0.15) is 4.33 Å². The van der Waals surface area contributed by atoms with E-state index in [4.69, 9.17) is 58.0 Å². The quantitative estimate of drug-likeness (QED) is 0.277. The van der Waals surface area contributed by atoms with Crippen LogP contribution in [0.4, 0.5) is 5.69 Å². The van der Waals surface area contributed by atoms with Crippen LogP contribution in [0.5, 0.6) is 0 Å². The first-order chi connectivity index (χ1) is 15.2. The van der Waals surface area contributed by atoms with Crippen molar-refractivity contribution >= 4 is 75.4 Å². The molecule has 1 amide bonds. The zero-order valence-electron chi connectivity index (χ0n) is 16.3.